The van der Waals surface area contributed by atoms with Crippen LogP contribution in [-0.4, -0.2) is 55.9 Å². The van der Waals surface area contributed by atoms with Crippen LogP contribution in [0.1, 0.15) is 13.3 Å². The Kier molecular flexibility index (Phi) is 3.80. The molecular weight excluding hydrogens is 312 g/mol. The Hall–Kier alpha value is -2.28. The van der Waals surface area contributed by atoms with Crippen LogP contribution in [0.5, 0.6) is 11.5 Å². The van der Waals surface area contributed by atoms with Crippen LogP contribution in [0.2, 0.25) is 0 Å². The second-order valence-electron chi connectivity index (χ2n) is 6.40. The smallest absolute Gasteiger partial charge is 0.231 e. The number of hydrogen-bond acceptors (Lipinski definition) is 5. The molecule has 3 aliphatic rings. The SMILES string of the molecule is C[C@H]1COCCN1C(=O)[C@@H]1CC(=O)N(c2ccc3c(c2)OCO3)C1. The van der Waals surface area contributed by atoms with Crippen LogP contribution in [0.15, 0.2) is 18.2 Å². The van der Waals surface area contributed by atoms with Crippen LogP contribution in [0.3, 0.4) is 0 Å². The van der Waals surface area contributed by atoms with Crippen molar-refractivity contribution in [1.29, 1.82) is 0 Å². The minimum atomic E-state index is -0.302. The second kappa shape index (κ2) is 5.98. The Balaban J connectivity index is 1.49. The molecule has 0 bridgehead atoms. The van der Waals surface area contributed by atoms with Crippen molar-refractivity contribution in [3.8, 4) is 11.5 Å². The van der Waals surface area contributed by atoms with E-state index in [1.807, 2.05) is 17.9 Å². The molecule has 1 aromatic rings. The molecule has 2 amide bonds. The second-order valence-corrected chi connectivity index (χ2v) is 6.40. The topological polar surface area (TPSA) is 68.3 Å². The zero-order valence-electron chi connectivity index (χ0n) is 13.6. The minimum Gasteiger partial charge on any atom is -0.454 e. The third-order valence-electron chi connectivity index (χ3n) is 4.79. The van der Waals surface area contributed by atoms with Gasteiger partial charge in [0.1, 0.15) is 0 Å². The van der Waals surface area contributed by atoms with Crippen LogP contribution in [0.25, 0.3) is 0 Å². The van der Waals surface area contributed by atoms with E-state index in [4.69, 9.17) is 14.2 Å². The molecule has 4 rings (SSSR count). The molecule has 2 saturated heterocycles. The molecule has 0 aliphatic carbocycles. The first-order chi connectivity index (χ1) is 11.6. The summed E-state index contributed by atoms with van der Waals surface area (Å²) in [6.07, 6.45) is 0.247. The molecule has 0 aromatic heterocycles. The number of nitrogens with zero attached hydrogens (tertiary/aromatic N) is 2. The van der Waals surface area contributed by atoms with Crippen LogP contribution < -0.4 is 14.4 Å². The van der Waals surface area contributed by atoms with Crippen molar-refractivity contribution in [3.63, 3.8) is 0 Å². The van der Waals surface area contributed by atoms with Crippen molar-refractivity contribution in [2.75, 3.05) is 38.0 Å². The number of anilines is 1. The molecule has 2 atom stereocenters. The highest BCUT2D eigenvalue weighted by Gasteiger charge is 2.39. The molecule has 7 nitrogen and oxygen atoms in total. The number of amides is 2. The van der Waals surface area contributed by atoms with Crippen molar-refractivity contribution in [2.24, 2.45) is 5.92 Å². The van der Waals surface area contributed by atoms with E-state index in [9.17, 15) is 9.59 Å². The van der Waals surface area contributed by atoms with Crippen molar-refractivity contribution in [2.45, 2.75) is 19.4 Å². The van der Waals surface area contributed by atoms with Gasteiger partial charge in [-0.3, -0.25) is 9.59 Å². The van der Waals surface area contributed by atoms with E-state index in [0.717, 1.165) is 5.69 Å². The third kappa shape index (κ3) is 2.58. The van der Waals surface area contributed by atoms with Gasteiger partial charge in [-0.15, -0.1) is 0 Å². The maximum Gasteiger partial charge on any atom is 0.231 e. The molecule has 2 fully saturated rings. The Morgan fingerprint density at radius 3 is 2.92 bits per heavy atom. The molecule has 3 aliphatic heterocycles. The summed E-state index contributed by atoms with van der Waals surface area (Å²) in [5.41, 5.74) is 0.745. The molecular formula is C17H20N2O5. The lowest BCUT2D eigenvalue weighted by Crippen LogP contribution is -2.49. The molecule has 1 aromatic carbocycles. The van der Waals surface area contributed by atoms with Crippen LogP contribution in [0.4, 0.5) is 5.69 Å². The average molecular weight is 332 g/mol. The van der Waals surface area contributed by atoms with Crippen molar-refractivity contribution in [3.05, 3.63) is 18.2 Å². The van der Waals surface area contributed by atoms with Crippen LogP contribution in [-0.2, 0) is 14.3 Å². The summed E-state index contributed by atoms with van der Waals surface area (Å²) in [6.45, 7) is 4.28. The van der Waals surface area contributed by atoms with Gasteiger partial charge in [-0.05, 0) is 19.1 Å². The number of fused-ring (bicyclic) bond motifs is 1. The van der Waals surface area contributed by atoms with E-state index in [2.05, 4.69) is 0 Å². The predicted molar refractivity (Wildman–Crippen MR) is 85.0 cm³/mol. The van der Waals surface area contributed by atoms with E-state index >= 15 is 0 Å². The van der Waals surface area contributed by atoms with Gasteiger partial charge in [0, 0.05) is 31.3 Å². The average Bonchev–Trinajstić information content (AvgIpc) is 3.20. The van der Waals surface area contributed by atoms with Gasteiger partial charge in [0.05, 0.1) is 25.2 Å². The lowest BCUT2D eigenvalue weighted by Gasteiger charge is -2.34. The van der Waals surface area contributed by atoms with E-state index in [0.29, 0.717) is 37.8 Å². The number of rotatable bonds is 2. The highest BCUT2D eigenvalue weighted by Crippen LogP contribution is 2.37. The molecule has 0 spiro atoms. The van der Waals surface area contributed by atoms with Crippen molar-refractivity contribution >= 4 is 17.5 Å². The molecule has 7 heteroatoms. The third-order valence-corrected chi connectivity index (χ3v) is 4.79. The Bertz CT molecular complexity index is 677. The summed E-state index contributed by atoms with van der Waals surface area (Å²) >= 11 is 0. The number of benzene rings is 1. The number of morpholine rings is 1. The van der Waals surface area contributed by atoms with E-state index < -0.39 is 0 Å². The van der Waals surface area contributed by atoms with Crippen LogP contribution >= 0.6 is 0 Å². The lowest BCUT2D eigenvalue weighted by molar-refractivity contribution is -0.143. The minimum absolute atomic E-state index is 0.0341. The Morgan fingerprint density at radius 2 is 2.08 bits per heavy atom. The van der Waals surface area contributed by atoms with E-state index in [1.165, 1.54) is 0 Å². The fourth-order valence-electron chi connectivity index (χ4n) is 3.46. The number of carbonyl (C=O) groups excluding carboxylic acids is 2. The first-order valence-corrected chi connectivity index (χ1v) is 8.22. The van der Waals surface area contributed by atoms with Gasteiger partial charge in [0.25, 0.3) is 0 Å². The van der Waals surface area contributed by atoms with Crippen molar-refractivity contribution < 1.29 is 23.8 Å². The molecule has 128 valence electrons. The number of hydrogen-bond donors (Lipinski definition) is 0. The van der Waals surface area contributed by atoms with Gasteiger partial charge < -0.3 is 24.0 Å². The van der Waals surface area contributed by atoms with Gasteiger partial charge in [-0.2, -0.15) is 0 Å². The fourth-order valence-corrected chi connectivity index (χ4v) is 3.46. The standard InChI is InChI=1S/C17H20N2O5/c1-11-9-22-5-4-18(11)17(21)12-6-16(20)19(8-12)13-2-3-14-15(7-13)24-10-23-14/h2-3,7,11-12H,4-6,8-10H2,1H3/t11-,12+/m0/s1. The summed E-state index contributed by atoms with van der Waals surface area (Å²) in [6, 6.07) is 5.48. The largest absolute Gasteiger partial charge is 0.454 e. The van der Waals surface area contributed by atoms with Gasteiger partial charge in [-0.1, -0.05) is 0 Å². The molecule has 24 heavy (non-hydrogen) atoms. The Labute approximate surface area is 140 Å². The normalized spacial score (nSPS) is 26.1. The summed E-state index contributed by atoms with van der Waals surface area (Å²) in [5, 5.41) is 0. The molecule has 0 unspecified atom stereocenters. The van der Waals surface area contributed by atoms with Crippen LogP contribution in [0, 0.1) is 5.92 Å². The summed E-state index contributed by atoms with van der Waals surface area (Å²) < 4.78 is 16.0. The molecule has 0 N–H and O–H groups in total. The first-order valence-electron chi connectivity index (χ1n) is 8.22. The van der Waals surface area contributed by atoms with Gasteiger partial charge in [0.2, 0.25) is 18.6 Å². The predicted octanol–water partition coefficient (Wildman–Crippen LogP) is 1.02. The number of ether oxygens (including phenoxy) is 3. The molecule has 3 heterocycles. The highest BCUT2D eigenvalue weighted by molar-refractivity contribution is 6.00. The quantitative estimate of drug-likeness (QED) is 0.809. The highest BCUT2D eigenvalue weighted by atomic mass is 16.7. The van der Waals surface area contributed by atoms with Gasteiger partial charge in [0.15, 0.2) is 11.5 Å². The Morgan fingerprint density at radius 1 is 1.25 bits per heavy atom. The molecule has 0 saturated carbocycles. The maximum absolute atomic E-state index is 12.8. The first kappa shape index (κ1) is 15.3. The van der Waals surface area contributed by atoms with Crippen molar-refractivity contribution in [1.82, 2.24) is 4.90 Å². The van der Waals surface area contributed by atoms with Gasteiger partial charge >= 0.3 is 0 Å². The van der Waals surface area contributed by atoms with E-state index in [1.54, 1.807) is 17.0 Å². The summed E-state index contributed by atoms with van der Waals surface area (Å²) in [4.78, 5) is 28.7. The lowest BCUT2D eigenvalue weighted by atomic mass is 10.1. The van der Waals surface area contributed by atoms with Gasteiger partial charge in [-0.25, -0.2) is 0 Å². The summed E-state index contributed by atoms with van der Waals surface area (Å²) in [7, 11) is 0. The molecule has 0 radical (unpaired) electrons. The summed E-state index contributed by atoms with van der Waals surface area (Å²) in [5.74, 6) is 1.02. The monoisotopic (exact) mass is 332 g/mol. The zero-order chi connectivity index (χ0) is 16.7. The fraction of sp³-hybridized carbons (Fsp3) is 0.529. The maximum atomic E-state index is 12.8. The van der Waals surface area contributed by atoms with E-state index in [-0.39, 0.29) is 37.0 Å². The zero-order valence-corrected chi connectivity index (χ0v) is 13.6. The number of carbonyl (C=O) groups is 2.